The second-order valence-corrected chi connectivity index (χ2v) is 9.61. The van der Waals surface area contributed by atoms with Gasteiger partial charge in [0.15, 0.2) is 0 Å². The Morgan fingerprint density at radius 2 is 1.15 bits per heavy atom. The Bertz CT molecular complexity index is 338. The third-order valence-electron chi connectivity index (χ3n) is 4.41. The molecule has 5 nitrogen and oxygen atoms in total. The lowest BCUT2D eigenvalue weighted by atomic mass is 10.1. The van der Waals surface area contributed by atoms with Gasteiger partial charge in [0.1, 0.15) is 0 Å². The summed E-state index contributed by atoms with van der Waals surface area (Å²) >= 11 is 1.85. The molecule has 0 amide bonds. The number of rotatable bonds is 22. The summed E-state index contributed by atoms with van der Waals surface area (Å²) in [7, 11) is -4.28. The van der Waals surface area contributed by atoms with Crippen molar-refractivity contribution >= 4 is 19.6 Å². The monoisotopic (exact) mass is 426 g/mol. The van der Waals surface area contributed by atoms with Crippen LogP contribution in [0.25, 0.3) is 0 Å². The summed E-state index contributed by atoms with van der Waals surface area (Å²) in [6, 6.07) is 0. The molecule has 0 bridgehead atoms. The first-order valence-corrected chi connectivity index (χ1v) is 13.6. The van der Waals surface area contributed by atoms with Crippen molar-refractivity contribution in [3.8, 4) is 0 Å². The van der Waals surface area contributed by atoms with Gasteiger partial charge in [0, 0.05) is 13.2 Å². The molecule has 0 spiro atoms. The molecule has 7 heteroatoms. The van der Waals surface area contributed by atoms with Crippen molar-refractivity contribution in [1.29, 1.82) is 0 Å². The van der Waals surface area contributed by atoms with E-state index in [1.54, 1.807) is 0 Å². The Morgan fingerprint density at radius 1 is 0.667 bits per heavy atom. The van der Waals surface area contributed by atoms with Crippen LogP contribution in [0.5, 0.6) is 0 Å². The molecule has 0 heterocycles. The molecule has 0 aromatic carbocycles. The molecule has 0 aliphatic carbocycles. The van der Waals surface area contributed by atoms with Crippen molar-refractivity contribution in [3.63, 3.8) is 0 Å². The number of phosphoric ester groups is 1. The lowest BCUT2D eigenvalue weighted by Gasteiger charge is -2.05. The predicted octanol–water partition coefficient (Wildman–Crippen LogP) is 6.33. The highest BCUT2D eigenvalue weighted by Gasteiger charge is 2.12. The highest BCUT2D eigenvalue weighted by Crippen LogP contribution is 2.35. The minimum absolute atomic E-state index is 0.141. The fraction of sp³-hybridized carbons (Fsp3) is 1.00. The number of ether oxygens (including phenoxy) is 1. The Kier molecular flexibility index (Phi) is 21.5. The van der Waals surface area contributed by atoms with Gasteiger partial charge in [-0.2, -0.15) is 11.8 Å². The van der Waals surface area contributed by atoms with Crippen LogP contribution in [-0.2, 0) is 13.8 Å². The van der Waals surface area contributed by atoms with Gasteiger partial charge in [-0.15, -0.1) is 0 Å². The molecule has 0 saturated carbocycles. The molecule has 0 atom stereocenters. The van der Waals surface area contributed by atoms with Crippen LogP contribution < -0.4 is 0 Å². The van der Waals surface area contributed by atoms with Crippen LogP contribution in [0.3, 0.4) is 0 Å². The number of hydrogen-bond donors (Lipinski definition) is 2. The van der Waals surface area contributed by atoms with Gasteiger partial charge in [0.2, 0.25) is 0 Å². The van der Waals surface area contributed by atoms with Crippen molar-refractivity contribution in [1.82, 2.24) is 0 Å². The molecule has 0 aromatic heterocycles. The summed E-state index contributed by atoms with van der Waals surface area (Å²) in [5.41, 5.74) is 0. The van der Waals surface area contributed by atoms with Gasteiger partial charge in [-0.05, 0) is 37.2 Å². The normalized spacial score (nSPS) is 12.0. The van der Waals surface area contributed by atoms with Crippen molar-refractivity contribution < 1.29 is 23.6 Å². The van der Waals surface area contributed by atoms with E-state index in [1.807, 2.05) is 11.8 Å². The number of thioether (sulfide) groups is 1. The topological polar surface area (TPSA) is 76.0 Å². The highest BCUT2D eigenvalue weighted by molar-refractivity contribution is 7.99. The van der Waals surface area contributed by atoms with E-state index in [0.717, 1.165) is 24.7 Å². The molecule has 0 aliphatic rings. The van der Waals surface area contributed by atoms with Crippen molar-refractivity contribution in [3.05, 3.63) is 0 Å². The first-order valence-electron chi connectivity index (χ1n) is 10.9. The highest BCUT2D eigenvalue weighted by atomic mass is 32.2. The second kappa shape index (κ2) is 21.1. The Balaban J connectivity index is 3.02. The van der Waals surface area contributed by atoms with Gasteiger partial charge in [0.25, 0.3) is 0 Å². The summed E-state index contributed by atoms with van der Waals surface area (Å²) < 4.78 is 20.6. The summed E-state index contributed by atoms with van der Waals surface area (Å²) in [6.07, 6.45) is 17.6. The smallest absolute Gasteiger partial charge is 0.381 e. The largest absolute Gasteiger partial charge is 0.469 e. The summed E-state index contributed by atoms with van der Waals surface area (Å²) in [5.74, 6) is 2.04. The molecule has 0 saturated heterocycles. The SMILES string of the molecule is CCCCCCOCCCCCCCCCCCSCCCOP(=O)(O)O. The molecule has 0 aromatic rings. The van der Waals surface area contributed by atoms with Crippen molar-refractivity contribution in [2.24, 2.45) is 0 Å². The zero-order chi connectivity index (χ0) is 20.1. The van der Waals surface area contributed by atoms with E-state index in [4.69, 9.17) is 14.5 Å². The summed E-state index contributed by atoms with van der Waals surface area (Å²) in [5, 5.41) is 0. The predicted molar refractivity (Wildman–Crippen MR) is 116 cm³/mol. The molecule has 0 rings (SSSR count). The minimum Gasteiger partial charge on any atom is -0.381 e. The molecule has 0 unspecified atom stereocenters. The van der Waals surface area contributed by atoms with Crippen LogP contribution in [-0.4, -0.2) is 41.1 Å². The molecule has 164 valence electrons. The lowest BCUT2D eigenvalue weighted by molar-refractivity contribution is 0.125. The van der Waals surface area contributed by atoms with Gasteiger partial charge in [-0.3, -0.25) is 4.52 Å². The van der Waals surface area contributed by atoms with Gasteiger partial charge in [-0.1, -0.05) is 71.1 Å². The van der Waals surface area contributed by atoms with Gasteiger partial charge in [0.05, 0.1) is 6.61 Å². The maximum atomic E-state index is 10.5. The Hall–Kier alpha value is 0.420. The van der Waals surface area contributed by atoms with E-state index in [1.165, 1.54) is 83.5 Å². The zero-order valence-electron chi connectivity index (χ0n) is 17.4. The van der Waals surface area contributed by atoms with E-state index >= 15 is 0 Å². The van der Waals surface area contributed by atoms with Crippen LogP contribution >= 0.6 is 19.6 Å². The van der Waals surface area contributed by atoms with Gasteiger partial charge >= 0.3 is 7.82 Å². The average Bonchev–Trinajstić information content (AvgIpc) is 2.62. The molecule has 2 N–H and O–H groups in total. The van der Waals surface area contributed by atoms with E-state index in [2.05, 4.69) is 11.4 Å². The maximum Gasteiger partial charge on any atom is 0.469 e. The lowest BCUT2D eigenvalue weighted by Crippen LogP contribution is -1.97. The number of phosphoric acid groups is 1. The molecular weight excluding hydrogens is 383 g/mol. The van der Waals surface area contributed by atoms with Gasteiger partial charge in [-0.25, -0.2) is 4.57 Å². The van der Waals surface area contributed by atoms with E-state index in [-0.39, 0.29) is 6.61 Å². The van der Waals surface area contributed by atoms with Gasteiger partial charge < -0.3 is 14.5 Å². The third-order valence-corrected chi connectivity index (χ3v) is 6.09. The quantitative estimate of drug-likeness (QED) is 0.156. The van der Waals surface area contributed by atoms with Crippen LogP contribution in [0.1, 0.15) is 96.8 Å². The molecular formula is C20H43O5PS. The summed E-state index contributed by atoms with van der Waals surface area (Å²) in [6.45, 7) is 4.26. The van der Waals surface area contributed by atoms with Crippen molar-refractivity contribution in [2.75, 3.05) is 31.3 Å². The van der Waals surface area contributed by atoms with Crippen LogP contribution in [0.2, 0.25) is 0 Å². The second-order valence-electron chi connectivity index (χ2n) is 7.14. The van der Waals surface area contributed by atoms with Crippen molar-refractivity contribution in [2.45, 2.75) is 96.8 Å². The van der Waals surface area contributed by atoms with Crippen LogP contribution in [0.4, 0.5) is 0 Å². The van der Waals surface area contributed by atoms with E-state index in [0.29, 0.717) is 6.42 Å². The molecule has 0 aliphatic heterocycles. The number of unbranched alkanes of at least 4 members (excludes halogenated alkanes) is 11. The molecule has 0 fully saturated rings. The Labute approximate surface area is 171 Å². The first kappa shape index (κ1) is 27.4. The fourth-order valence-electron chi connectivity index (χ4n) is 2.83. The summed E-state index contributed by atoms with van der Waals surface area (Å²) in [4.78, 5) is 17.1. The zero-order valence-corrected chi connectivity index (χ0v) is 19.1. The molecule has 0 radical (unpaired) electrons. The third kappa shape index (κ3) is 26.4. The minimum atomic E-state index is -4.28. The van der Waals surface area contributed by atoms with Crippen LogP contribution in [0, 0.1) is 0 Å². The first-order chi connectivity index (χ1) is 13.1. The van der Waals surface area contributed by atoms with Crippen LogP contribution in [0.15, 0.2) is 0 Å². The molecule has 27 heavy (non-hydrogen) atoms. The standard InChI is InChI=1S/C20H43O5PS/c1-2-3-4-12-16-24-17-13-10-8-6-5-7-9-11-14-19-27-20-15-18-25-26(21,22)23/h2-20H2,1H3,(H2,21,22,23). The fourth-order valence-corrected chi connectivity index (χ4v) is 4.13. The van der Waals surface area contributed by atoms with E-state index in [9.17, 15) is 4.57 Å². The Morgan fingerprint density at radius 3 is 1.70 bits per heavy atom. The van der Waals surface area contributed by atoms with E-state index < -0.39 is 7.82 Å². The maximum absolute atomic E-state index is 10.5. The average molecular weight is 427 g/mol. The number of hydrogen-bond acceptors (Lipinski definition) is 4.